The molecule has 5 nitrogen and oxygen atoms in total. The number of hydrogen-bond acceptors (Lipinski definition) is 4. The van der Waals surface area contributed by atoms with Gasteiger partial charge in [-0.1, -0.05) is 13.8 Å². The van der Waals surface area contributed by atoms with Crippen molar-refractivity contribution >= 4 is 5.57 Å². The lowest BCUT2D eigenvalue weighted by atomic mass is 10.0. The second-order valence-corrected chi connectivity index (χ2v) is 3.62. The van der Waals surface area contributed by atoms with Crippen molar-refractivity contribution in [3.05, 3.63) is 23.5 Å². The lowest BCUT2D eigenvalue weighted by Crippen LogP contribution is -2.24. The van der Waals surface area contributed by atoms with E-state index in [4.69, 9.17) is 5.41 Å². The van der Waals surface area contributed by atoms with E-state index in [0.717, 1.165) is 5.57 Å². The van der Waals surface area contributed by atoms with Gasteiger partial charge < -0.3 is 5.11 Å². The Bertz CT molecular complexity index is 458. The Hall–Kier alpha value is -1.65. The van der Waals surface area contributed by atoms with E-state index >= 15 is 0 Å². The van der Waals surface area contributed by atoms with Crippen molar-refractivity contribution in [2.45, 2.75) is 20.4 Å². The number of nitrogens with one attached hydrogen (secondary N) is 1. The molecule has 0 unspecified atom stereocenters. The second-order valence-electron chi connectivity index (χ2n) is 3.62. The number of rotatable bonds is 1. The maximum absolute atomic E-state index is 9.71. The summed E-state index contributed by atoms with van der Waals surface area (Å²) in [5, 5.41) is 17.3. The first-order valence-electron chi connectivity index (χ1n) is 4.50. The molecule has 0 aromatic carbocycles. The van der Waals surface area contributed by atoms with E-state index in [2.05, 4.69) is 9.97 Å². The van der Waals surface area contributed by atoms with Gasteiger partial charge in [0.05, 0.1) is 6.54 Å². The molecule has 1 aliphatic rings. The lowest BCUT2D eigenvalue weighted by molar-refractivity contribution is 0.381. The van der Waals surface area contributed by atoms with Crippen LogP contribution in [0.1, 0.15) is 19.7 Å². The van der Waals surface area contributed by atoms with E-state index < -0.39 is 0 Å². The molecule has 0 atom stereocenters. The molecule has 1 aromatic heterocycles. The standard InChI is InChI=1S/C9H12N4O/c1-5(2)7-6(14)3-13-8(7)11-4-12-9(13)10/h4-5,10,14H,3H2,1-2H3. The number of aliphatic hydroxyl groups excluding tert-OH is 1. The fourth-order valence-corrected chi connectivity index (χ4v) is 1.70. The summed E-state index contributed by atoms with van der Waals surface area (Å²) in [5.41, 5.74) is 0.957. The zero-order valence-corrected chi connectivity index (χ0v) is 8.15. The molecule has 2 heterocycles. The Balaban J connectivity index is 2.64. The van der Waals surface area contributed by atoms with E-state index in [1.165, 1.54) is 6.33 Å². The molecule has 0 amide bonds. The SMILES string of the molecule is CC(C)C1=C(O)Cn2c1ncnc2=N. The molecule has 0 saturated heterocycles. The zero-order chi connectivity index (χ0) is 10.3. The van der Waals surface area contributed by atoms with E-state index in [9.17, 15) is 5.11 Å². The van der Waals surface area contributed by atoms with E-state index in [1.54, 1.807) is 4.57 Å². The van der Waals surface area contributed by atoms with Crippen LogP contribution in [-0.4, -0.2) is 19.6 Å². The third-order valence-corrected chi connectivity index (χ3v) is 2.31. The number of allylic oxidation sites excluding steroid dienone is 2. The summed E-state index contributed by atoms with van der Waals surface area (Å²) in [6.45, 7) is 4.31. The van der Waals surface area contributed by atoms with Gasteiger partial charge >= 0.3 is 0 Å². The number of hydrogen-bond donors (Lipinski definition) is 2. The summed E-state index contributed by atoms with van der Waals surface area (Å²) < 4.78 is 1.60. The number of fused-ring (bicyclic) bond motifs is 1. The second kappa shape index (κ2) is 2.94. The van der Waals surface area contributed by atoms with Gasteiger partial charge in [0, 0.05) is 5.57 Å². The summed E-state index contributed by atoms with van der Waals surface area (Å²) >= 11 is 0. The van der Waals surface area contributed by atoms with Crippen LogP contribution in [0.25, 0.3) is 5.57 Å². The lowest BCUT2D eigenvalue weighted by Gasteiger charge is -2.07. The molecule has 0 bridgehead atoms. The van der Waals surface area contributed by atoms with Crippen molar-refractivity contribution in [1.29, 1.82) is 5.41 Å². The van der Waals surface area contributed by atoms with E-state index in [-0.39, 0.29) is 11.5 Å². The number of nitrogens with zero attached hydrogens (tertiary/aromatic N) is 3. The first-order valence-corrected chi connectivity index (χ1v) is 4.50. The van der Waals surface area contributed by atoms with Crippen LogP contribution in [-0.2, 0) is 6.54 Å². The first-order chi connectivity index (χ1) is 6.61. The molecular formula is C9H12N4O. The van der Waals surface area contributed by atoms with Crippen molar-refractivity contribution in [2.24, 2.45) is 5.92 Å². The minimum absolute atomic E-state index is 0.136. The Labute approximate surface area is 81.3 Å². The van der Waals surface area contributed by atoms with Crippen molar-refractivity contribution in [2.75, 3.05) is 0 Å². The minimum Gasteiger partial charge on any atom is -0.510 e. The maximum atomic E-state index is 9.71. The molecule has 5 heteroatoms. The van der Waals surface area contributed by atoms with Crippen molar-refractivity contribution in [1.82, 2.24) is 14.5 Å². The molecule has 1 aliphatic heterocycles. The fraction of sp³-hybridized carbons (Fsp3) is 0.444. The average molecular weight is 192 g/mol. The molecule has 2 N–H and O–H groups in total. The molecule has 0 saturated carbocycles. The number of aromatic nitrogens is 3. The Morgan fingerprint density at radius 1 is 1.50 bits per heavy atom. The Morgan fingerprint density at radius 3 is 2.86 bits per heavy atom. The molecule has 1 aromatic rings. The highest BCUT2D eigenvalue weighted by Crippen LogP contribution is 2.28. The van der Waals surface area contributed by atoms with Gasteiger partial charge in [0.25, 0.3) is 0 Å². The van der Waals surface area contributed by atoms with Crippen molar-refractivity contribution in [3.63, 3.8) is 0 Å². The van der Waals surface area contributed by atoms with Gasteiger partial charge in [-0.25, -0.2) is 9.97 Å². The monoisotopic (exact) mass is 192 g/mol. The van der Waals surface area contributed by atoms with Gasteiger partial charge in [-0.05, 0) is 5.92 Å². The fourth-order valence-electron chi connectivity index (χ4n) is 1.70. The van der Waals surface area contributed by atoms with Gasteiger partial charge in [0.15, 0.2) is 0 Å². The van der Waals surface area contributed by atoms with Crippen LogP contribution in [0.3, 0.4) is 0 Å². The van der Waals surface area contributed by atoms with Crippen LogP contribution in [0, 0.1) is 11.3 Å². The average Bonchev–Trinajstić information content (AvgIpc) is 2.42. The molecule has 0 spiro atoms. The molecule has 74 valence electrons. The molecule has 2 rings (SSSR count). The largest absolute Gasteiger partial charge is 0.510 e. The van der Waals surface area contributed by atoms with Crippen LogP contribution < -0.4 is 5.62 Å². The molecule has 0 fully saturated rings. The molecular weight excluding hydrogens is 180 g/mol. The van der Waals surface area contributed by atoms with Crippen LogP contribution in [0.15, 0.2) is 12.1 Å². The van der Waals surface area contributed by atoms with Gasteiger partial charge in [-0.15, -0.1) is 0 Å². The summed E-state index contributed by atoms with van der Waals surface area (Å²) in [7, 11) is 0. The smallest absolute Gasteiger partial charge is 0.225 e. The maximum Gasteiger partial charge on any atom is 0.225 e. The first kappa shape index (κ1) is 8.93. The van der Waals surface area contributed by atoms with Crippen molar-refractivity contribution in [3.8, 4) is 0 Å². The normalized spacial score (nSPS) is 15.1. The topological polar surface area (TPSA) is 74.8 Å². The van der Waals surface area contributed by atoms with Crippen LogP contribution in [0.4, 0.5) is 0 Å². The van der Waals surface area contributed by atoms with Gasteiger partial charge in [-0.2, -0.15) is 0 Å². The Morgan fingerprint density at radius 2 is 2.21 bits per heavy atom. The Kier molecular flexibility index (Phi) is 1.87. The third-order valence-electron chi connectivity index (χ3n) is 2.31. The predicted molar refractivity (Wildman–Crippen MR) is 50.3 cm³/mol. The molecule has 0 aliphatic carbocycles. The molecule has 0 radical (unpaired) electrons. The highest BCUT2D eigenvalue weighted by atomic mass is 16.3. The summed E-state index contributed by atoms with van der Waals surface area (Å²) in [5.74, 6) is 1.17. The highest BCUT2D eigenvalue weighted by Gasteiger charge is 2.24. The van der Waals surface area contributed by atoms with Gasteiger partial charge in [-0.3, -0.25) is 9.98 Å². The van der Waals surface area contributed by atoms with Crippen LogP contribution >= 0.6 is 0 Å². The molecule has 14 heavy (non-hydrogen) atoms. The van der Waals surface area contributed by atoms with Gasteiger partial charge in [0.1, 0.15) is 17.9 Å². The number of aliphatic hydroxyl groups is 1. The van der Waals surface area contributed by atoms with Gasteiger partial charge in [0.2, 0.25) is 5.62 Å². The third kappa shape index (κ3) is 1.13. The minimum atomic E-state index is 0.136. The zero-order valence-electron chi connectivity index (χ0n) is 8.15. The van der Waals surface area contributed by atoms with Crippen molar-refractivity contribution < 1.29 is 5.11 Å². The van der Waals surface area contributed by atoms with Crippen LogP contribution in [0.5, 0.6) is 0 Å². The van der Waals surface area contributed by atoms with E-state index in [1.807, 2.05) is 13.8 Å². The quantitative estimate of drug-likeness (QED) is 0.687. The van der Waals surface area contributed by atoms with Crippen LogP contribution in [0.2, 0.25) is 0 Å². The summed E-state index contributed by atoms with van der Waals surface area (Å²) in [6.07, 6.45) is 1.36. The summed E-state index contributed by atoms with van der Waals surface area (Å²) in [4.78, 5) is 7.85. The van der Waals surface area contributed by atoms with E-state index in [0.29, 0.717) is 18.1 Å². The highest BCUT2D eigenvalue weighted by molar-refractivity contribution is 5.66. The summed E-state index contributed by atoms with van der Waals surface area (Å²) in [6, 6.07) is 0. The predicted octanol–water partition coefficient (Wildman–Crippen LogP) is 0.696.